The van der Waals surface area contributed by atoms with Gasteiger partial charge in [-0.05, 0) is 6.92 Å². The Bertz CT molecular complexity index is 265. The smallest absolute Gasteiger partial charge is 0.261 e. The number of carbonyl (C=O) groups is 1. The normalized spacial score (nSPS) is 24.6. The summed E-state index contributed by atoms with van der Waals surface area (Å²) in [6, 6.07) is 0. The highest BCUT2D eigenvalue weighted by molar-refractivity contribution is 5.76. The second-order valence-electron chi connectivity index (χ2n) is 4.27. The molecule has 2 unspecified atom stereocenters. The van der Waals surface area contributed by atoms with Gasteiger partial charge in [0.15, 0.2) is 0 Å². The molecule has 1 rings (SSSR count). The van der Waals surface area contributed by atoms with Gasteiger partial charge in [0, 0.05) is 13.1 Å². The predicted molar refractivity (Wildman–Crippen MR) is 59.4 cm³/mol. The van der Waals surface area contributed by atoms with Crippen molar-refractivity contribution in [2.45, 2.75) is 32.0 Å². The van der Waals surface area contributed by atoms with E-state index in [1.54, 1.807) is 4.90 Å². The summed E-state index contributed by atoms with van der Waals surface area (Å²) in [6.07, 6.45) is -2.96. The fraction of sp³-hybridized carbons (Fsp3) is 0.909. The third kappa shape index (κ3) is 5.24. The van der Waals surface area contributed by atoms with Gasteiger partial charge in [0.25, 0.3) is 6.43 Å². The van der Waals surface area contributed by atoms with Gasteiger partial charge in [-0.15, -0.1) is 0 Å². The molecule has 1 amide bonds. The van der Waals surface area contributed by atoms with Gasteiger partial charge in [-0.3, -0.25) is 4.79 Å². The van der Waals surface area contributed by atoms with Gasteiger partial charge in [-0.1, -0.05) is 0 Å². The maximum Gasteiger partial charge on any atom is 0.261 e. The Balaban J connectivity index is 2.27. The SMILES string of the molecule is CC1CN(C(=O)CCOCC(F)F)CC(CO)O1. The third-order valence-electron chi connectivity index (χ3n) is 2.59. The Morgan fingerprint density at radius 2 is 2.28 bits per heavy atom. The summed E-state index contributed by atoms with van der Waals surface area (Å²) in [7, 11) is 0. The van der Waals surface area contributed by atoms with Gasteiger partial charge in [0.2, 0.25) is 5.91 Å². The molecule has 0 aromatic rings. The van der Waals surface area contributed by atoms with Gasteiger partial charge in [-0.25, -0.2) is 8.78 Å². The first kappa shape index (κ1) is 15.3. The van der Waals surface area contributed by atoms with Gasteiger partial charge < -0.3 is 19.5 Å². The molecule has 0 aliphatic carbocycles. The van der Waals surface area contributed by atoms with Crippen LogP contribution < -0.4 is 0 Å². The van der Waals surface area contributed by atoms with E-state index < -0.39 is 13.0 Å². The van der Waals surface area contributed by atoms with Crippen molar-refractivity contribution in [3.05, 3.63) is 0 Å². The highest BCUT2D eigenvalue weighted by Crippen LogP contribution is 2.12. The number of alkyl halides is 2. The number of halogens is 2. The molecule has 1 aliphatic rings. The molecule has 0 saturated carbocycles. The van der Waals surface area contributed by atoms with Crippen molar-refractivity contribution in [3.63, 3.8) is 0 Å². The third-order valence-corrected chi connectivity index (χ3v) is 2.59. The summed E-state index contributed by atoms with van der Waals surface area (Å²) in [5.74, 6) is -0.169. The minimum Gasteiger partial charge on any atom is -0.394 e. The maximum atomic E-state index is 11.8. The first-order chi connectivity index (χ1) is 8.52. The summed E-state index contributed by atoms with van der Waals surface area (Å²) >= 11 is 0. The van der Waals surface area contributed by atoms with E-state index in [9.17, 15) is 13.6 Å². The molecule has 0 radical (unpaired) electrons. The van der Waals surface area contributed by atoms with E-state index in [2.05, 4.69) is 4.74 Å². The van der Waals surface area contributed by atoms with Crippen LogP contribution in [0.25, 0.3) is 0 Å². The van der Waals surface area contributed by atoms with Crippen LogP contribution in [-0.2, 0) is 14.3 Å². The number of hydrogen-bond acceptors (Lipinski definition) is 4. The highest BCUT2D eigenvalue weighted by atomic mass is 19.3. The molecule has 0 aromatic heterocycles. The van der Waals surface area contributed by atoms with E-state index in [-0.39, 0.29) is 37.7 Å². The molecular weight excluding hydrogens is 248 g/mol. The van der Waals surface area contributed by atoms with Gasteiger partial charge in [0.1, 0.15) is 6.61 Å². The average molecular weight is 267 g/mol. The Hall–Kier alpha value is -0.790. The zero-order valence-electron chi connectivity index (χ0n) is 10.3. The zero-order chi connectivity index (χ0) is 13.5. The van der Waals surface area contributed by atoms with Crippen LogP contribution in [-0.4, -0.2) is 67.5 Å². The zero-order valence-corrected chi connectivity index (χ0v) is 10.3. The largest absolute Gasteiger partial charge is 0.394 e. The average Bonchev–Trinajstić information content (AvgIpc) is 2.33. The molecule has 1 aliphatic heterocycles. The van der Waals surface area contributed by atoms with Crippen LogP contribution >= 0.6 is 0 Å². The molecule has 1 heterocycles. The predicted octanol–water partition coefficient (Wildman–Crippen LogP) is 0.266. The van der Waals surface area contributed by atoms with Crippen LogP contribution in [0.1, 0.15) is 13.3 Å². The topological polar surface area (TPSA) is 59.0 Å². The number of amides is 1. The Morgan fingerprint density at radius 3 is 2.89 bits per heavy atom. The van der Waals surface area contributed by atoms with Crippen LogP contribution in [0.15, 0.2) is 0 Å². The second-order valence-corrected chi connectivity index (χ2v) is 4.27. The molecule has 2 atom stereocenters. The van der Waals surface area contributed by atoms with Crippen molar-refractivity contribution in [3.8, 4) is 0 Å². The number of nitrogens with zero attached hydrogens (tertiary/aromatic N) is 1. The minimum absolute atomic E-state index is 0.0152. The molecule has 18 heavy (non-hydrogen) atoms. The van der Waals surface area contributed by atoms with E-state index in [4.69, 9.17) is 9.84 Å². The number of morpholine rings is 1. The van der Waals surface area contributed by atoms with E-state index in [1.165, 1.54) is 0 Å². The lowest BCUT2D eigenvalue weighted by Gasteiger charge is -2.36. The summed E-state index contributed by atoms with van der Waals surface area (Å²) in [5, 5.41) is 9.01. The molecule has 0 aromatic carbocycles. The van der Waals surface area contributed by atoms with Crippen molar-refractivity contribution in [1.82, 2.24) is 4.90 Å². The number of aliphatic hydroxyl groups is 1. The van der Waals surface area contributed by atoms with E-state index >= 15 is 0 Å². The second kappa shape index (κ2) is 7.60. The Kier molecular flexibility index (Phi) is 6.45. The molecule has 0 spiro atoms. The maximum absolute atomic E-state index is 11.8. The molecule has 7 heteroatoms. The lowest BCUT2D eigenvalue weighted by molar-refractivity contribution is -0.148. The standard InChI is InChI=1S/C11H19F2NO4/c1-8-4-14(5-9(6-15)18-8)11(16)2-3-17-7-10(12)13/h8-10,15H,2-7H2,1H3. The van der Waals surface area contributed by atoms with Gasteiger partial charge in [0.05, 0.1) is 31.8 Å². The van der Waals surface area contributed by atoms with Crippen LogP contribution in [0.2, 0.25) is 0 Å². The molecule has 1 N–H and O–H groups in total. The molecule has 1 saturated heterocycles. The minimum atomic E-state index is -2.51. The van der Waals surface area contributed by atoms with Crippen molar-refractivity contribution in [2.24, 2.45) is 0 Å². The van der Waals surface area contributed by atoms with Crippen LogP contribution in [0, 0.1) is 0 Å². The van der Waals surface area contributed by atoms with Crippen LogP contribution in [0.5, 0.6) is 0 Å². The number of aliphatic hydroxyl groups excluding tert-OH is 1. The first-order valence-corrected chi connectivity index (χ1v) is 5.93. The summed E-state index contributed by atoms with van der Waals surface area (Å²) in [6.45, 7) is 1.79. The number of hydrogen-bond donors (Lipinski definition) is 1. The van der Waals surface area contributed by atoms with Crippen LogP contribution in [0.4, 0.5) is 8.78 Å². The lowest BCUT2D eigenvalue weighted by Crippen LogP contribution is -2.50. The monoisotopic (exact) mass is 267 g/mol. The fourth-order valence-corrected chi connectivity index (χ4v) is 1.84. The van der Waals surface area contributed by atoms with E-state index in [0.717, 1.165) is 0 Å². The quantitative estimate of drug-likeness (QED) is 0.702. The number of rotatable bonds is 6. The number of carbonyl (C=O) groups excluding carboxylic acids is 1. The van der Waals surface area contributed by atoms with Crippen molar-refractivity contribution in [2.75, 3.05) is 32.9 Å². The van der Waals surface area contributed by atoms with Gasteiger partial charge in [-0.2, -0.15) is 0 Å². The van der Waals surface area contributed by atoms with Crippen molar-refractivity contribution in [1.29, 1.82) is 0 Å². The summed E-state index contributed by atoms with van der Waals surface area (Å²) < 4.78 is 33.7. The van der Waals surface area contributed by atoms with Gasteiger partial charge >= 0.3 is 0 Å². The molecule has 0 bridgehead atoms. The highest BCUT2D eigenvalue weighted by Gasteiger charge is 2.27. The summed E-state index contributed by atoms with van der Waals surface area (Å²) in [4.78, 5) is 13.3. The molecule has 106 valence electrons. The Morgan fingerprint density at radius 1 is 1.56 bits per heavy atom. The van der Waals surface area contributed by atoms with Crippen molar-refractivity contribution >= 4 is 5.91 Å². The van der Waals surface area contributed by atoms with E-state index in [0.29, 0.717) is 13.1 Å². The van der Waals surface area contributed by atoms with Crippen LogP contribution in [0.3, 0.4) is 0 Å². The van der Waals surface area contributed by atoms with Crippen molar-refractivity contribution < 1.29 is 28.2 Å². The fourth-order valence-electron chi connectivity index (χ4n) is 1.84. The summed E-state index contributed by atoms with van der Waals surface area (Å²) in [5.41, 5.74) is 0. The Labute approximate surface area is 105 Å². The van der Waals surface area contributed by atoms with E-state index in [1.807, 2.05) is 6.92 Å². The molecule has 5 nitrogen and oxygen atoms in total. The number of ether oxygens (including phenoxy) is 2. The molecular formula is C11H19F2NO4. The first-order valence-electron chi connectivity index (χ1n) is 5.93. The lowest BCUT2D eigenvalue weighted by atomic mass is 10.2. The molecule has 1 fully saturated rings.